The predicted octanol–water partition coefficient (Wildman–Crippen LogP) is 7.81. The van der Waals surface area contributed by atoms with E-state index in [0.717, 1.165) is 37.5 Å². The van der Waals surface area contributed by atoms with Crippen molar-refractivity contribution in [2.45, 2.75) is 114 Å². The number of esters is 3. The van der Waals surface area contributed by atoms with E-state index in [1.807, 2.05) is 0 Å². The standard InChI is InChI=1S/C31H42O5.4CH4/c1-4-31(18-6-15-5-16(8-18)9-19(31)7-15)36-28(32)22-11-17-10-21(22)24(13(17)2)25-14(3)20-12-23(25)27-26(20)29(33)35-30(27)34;;;;/h13-27H,4-12H2,1-3H3;4*1H4. The second kappa shape index (κ2) is 10.4. The lowest BCUT2D eigenvalue weighted by atomic mass is 9.49. The lowest BCUT2D eigenvalue weighted by Crippen LogP contribution is -2.60. The Labute approximate surface area is 244 Å². The SMILES string of the molecule is C.C.C.C.CCC1(OC(=O)C2CC3CC2C(C2C(C)C4CC2C2C(=O)OC(=O)C42)C3C)C2CC3CC(C2)CC1C3. The van der Waals surface area contributed by atoms with Crippen molar-refractivity contribution in [3.63, 3.8) is 0 Å². The molecule has 0 amide bonds. The number of hydrogen-bond donors (Lipinski definition) is 0. The summed E-state index contributed by atoms with van der Waals surface area (Å²) in [6.45, 7) is 6.97. The molecule has 9 fully saturated rings. The minimum absolute atomic E-state index is 0. The summed E-state index contributed by atoms with van der Waals surface area (Å²) in [6, 6.07) is 0. The Hall–Kier alpha value is -1.39. The Kier molecular flexibility index (Phi) is 8.20. The van der Waals surface area contributed by atoms with E-state index in [-0.39, 0.29) is 82.8 Å². The number of fused-ring (bicyclic) bond motifs is 7. The molecule has 228 valence electrons. The number of hydrogen-bond acceptors (Lipinski definition) is 5. The number of rotatable bonds is 4. The van der Waals surface area contributed by atoms with Gasteiger partial charge in [0.25, 0.3) is 0 Å². The zero-order chi connectivity index (χ0) is 24.7. The van der Waals surface area contributed by atoms with Gasteiger partial charge in [0.1, 0.15) is 5.60 Å². The topological polar surface area (TPSA) is 69.7 Å². The average Bonchev–Trinajstić information content (AvgIpc) is 3.63. The zero-order valence-electron chi connectivity index (χ0n) is 22.1. The van der Waals surface area contributed by atoms with Crippen LogP contribution in [0.1, 0.15) is 108 Å². The molecule has 0 aromatic carbocycles. The van der Waals surface area contributed by atoms with Crippen LogP contribution in [0.25, 0.3) is 0 Å². The van der Waals surface area contributed by atoms with Gasteiger partial charge in [-0.3, -0.25) is 14.4 Å². The van der Waals surface area contributed by atoms with Crippen molar-refractivity contribution in [1.82, 2.24) is 0 Å². The largest absolute Gasteiger partial charge is 0.458 e. The van der Waals surface area contributed by atoms with Gasteiger partial charge in [-0.05, 0) is 129 Å². The molecule has 8 aliphatic carbocycles. The molecule has 40 heavy (non-hydrogen) atoms. The smallest absolute Gasteiger partial charge is 0.317 e. The summed E-state index contributed by atoms with van der Waals surface area (Å²) in [4.78, 5) is 39.1. The van der Waals surface area contributed by atoms with Gasteiger partial charge < -0.3 is 9.47 Å². The van der Waals surface area contributed by atoms with Crippen LogP contribution in [0.3, 0.4) is 0 Å². The summed E-state index contributed by atoms with van der Waals surface area (Å²) in [6.07, 6.45) is 10.6. The molecule has 5 heteroatoms. The highest BCUT2D eigenvalue weighted by molar-refractivity contribution is 5.97. The fraction of sp³-hybridized carbons (Fsp3) is 0.914. The van der Waals surface area contributed by atoms with Crippen LogP contribution in [0.2, 0.25) is 0 Å². The summed E-state index contributed by atoms with van der Waals surface area (Å²) in [5.74, 6) is 5.44. The molecule has 1 aliphatic heterocycles. The molecule has 9 rings (SSSR count). The van der Waals surface area contributed by atoms with E-state index in [4.69, 9.17) is 9.47 Å². The normalized spacial score (nSPS) is 53.6. The van der Waals surface area contributed by atoms with Gasteiger partial charge in [-0.1, -0.05) is 50.5 Å². The lowest BCUT2D eigenvalue weighted by Gasteiger charge is -2.60. The Balaban J connectivity index is 0.000000924. The molecule has 11 unspecified atom stereocenters. The van der Waals surface area contributed by atoms with Crippen molar-refractivity contribution in [2.24, 2.45) is 88.8 Å². The van der Waals surface area contributed by atoms with Gasteiger partial charge in [0.05, 0.1) is 17.8 Å². The molecule has 0 N–H and O–H groups in total. The fourth-order valence-electron chi connectivity index (χ4n) is 12.9. The van der Waals surface area contributed by atoms with Crippen LogP contribution in [0, 0.1) is 88.8 Å². The van der Waals surface area contributed by atoms with E-state index in [0.29, 0.717) is 47.3 Å². The third kappa shape index (κ3) is 3.79. The summed E-state index contributed by atoms with van der Waals surface area (Å²) in [5.41, 5.74) is -0.214. The van der Waals surface area contributed by atoms with Gasteiger partial charge in [0.15, 0.2) is 0 Å². The Morgan fingerprint density at radius 3 is 1.85 bits per heavy atom. The van der Waals surface area contributed by atoms with Crippen LogP contribution < -0.4 is 0 Å². The van der Waals surface area contributed by atoms with Gasteiger partial charge in [-0.2, -0.15) is 0 Å². The number of cyclic esters (lactones) is 2. The van der Waals surface area contributed by atoms with Crippen LogP contribution in [0.5, 0.6) is 0 Å². The highest BCUT2D eigenvalue weighted by Crippen LogP contribution is 2.69. The van der Waals surface area contributed by atoms with Crippen LogP contribution in [0.15, 0.2) is 0 Å². The Morgan fingerprint density at radius 2 is 1.30 bits per heavy atom. The molecule has 0 aromatic heterocycles. The van der Waals surface area contributed by atoms with E-state index in [1.165, 1.54) is 32.1 Å². The van der Waals surface area contributed by atoms with Crippen molar-refractivity contribution < 1.29 is 23.9 Å². The third-order valence-corrected chi connectivity index (χ3v) is 14.0. The first-order valence-corrected chi connectivity index (χ1v) is 15.3. The fourth-order valence-corrected chi connectivity index (χ4v) is 12.9. The minimum atomic E-state index is -0.272. The molecule has 1 heterocycles. The van der Waals surface area contributed by atoms with E-state index in [9.17, 15) is 14.4 Å². The van der Waals surface area contributed by atoms with E-state index in [2.05, 4.69) is 20.8 Å². The molecule has 8 saturated carbocycles. The molecule has 0 radical (unpaired) electrons. The molecule has 1 saturated heterocycles. The van der Waals surface area contributed by atoms with Crippen molar-refractivity contribution >= 4 is 17.9 Å². The number of carbonyl (C=O) groups excluding carboxylic acids is 3. The second-order valence-corrected chi connectivity index (χ2v) is 14.8. The lowest BCUT2D eigenvalue weighted by molar-refractivity contribution is -0.216. The first-order chi connectivity index (χ1) is 17.3. The summed E-state index contributed by atoms with van der Waals surface area (Å²) < 4.78 is 11.9. The summed E-state index contributed by atoms with van der Waals surface area (Å²) in [5, 5.41) is 0. The van der Waals surface area contributed by atoms with E-state index in [1.54, 1.807) is 0 Å². The van der Waals surface area contributed by atoms with Crippen molar-refractivity contribution in [2.75, 3.05) is 0 Å². The molecule has 8 bridgehead atoms. The third-order valence-electron chi connectivity index (χ3n) is 14.0. The minimum Gasteiger partial charge on any atom is -0.458 e. The zero-order valence-corrected chi connectivity index (χ0v) is 22.1. The van der Waals surface area contributed by atoms with Crippen LogP contribution in [-0.2, 0) is 23.9 Å². The first kappa shape index (κ1) is 31.5. The maximum Gasteiger partial charge on any atom is 0.317 e. The quantitative estimate of drug-likeness (QED) is 0.260. The Bertz CT molecular complexity index is 989. The van der Waals surface area contributed by atoms with Crippen molar-refractivity contribution in [3.05, 3.63) is 0 Å². The van der Waals surface area contributed by atoms with Gasteiger partial charge in [0, 0.05) is 0 Å². The Morgan fingerprint density at radius 1 is 0.750 bits per heavy atom. The second-order valence-electron chi connectivity index (χ2n) is 14.8. The maximum atomic E-state index is 14.0. The van der Waals surface area contributed by atoms with Crippen LogP contribution in [-0.4, -0.2) is 23.5 Å². The molecular formula is C35H58O5. The van der Waals surface area contributed by atoms with Crippen LogP contribution in [0.4, 0.5) is 0 Å². The van der Waals surface area contributed by atoms with E-state index >= 15 is 0 Å². The number of ether oxygens (including phenoxy) is 2. The van der Waals surface area contributed by atoms with Gasteiger partial charge in [0.2, 0.25) is 0 Å². The average molecular weight is 559 g/mol. The number of carbonyl (C=O) groups is 3. The molecule has 0 spiro atoms. The molecule has 9 aliphatic rings. The van der Waals surface area contributed by atoms with Gasteiger partial charge in [-0.25, -0.2) is 0 Å². The summed E-state index contributed by atoms with van der Waals surface area (Å²) >= 11 is 0. The summed E-state index contributed by atoms with van der Waals surface area (Å²) in [7, 11) is 0. The highest BCUT2D eigenvalue weighted by atomic mass is 16.6. The maximum absolute atomic E-state index is 14.0. The molecule has 11 atom stereocenters. The predicted molar refractivity (Wildman–Crippen MR) is 158 cm³/mol. The highest BCUT2D eigenvalue weighted by Gasteiger charge is 2.69. The van der Waals surface area contributed by atoms with Crippen molar-refractivity contribution in [1.29, 1.82) is 0 Å². The monoisotopic (exact) mass is 558 g/mol. The van der Waals surface area contributed by atoms with Crippen molar-refractivity contribution in [3.8, 4) is 0 Å². The van der Waals surface area contributed by atoms with Gasteiger partial charge >= 0.3 is 17.9 Å². The molecule has 0 aromatic rings. The molecule has 5 nitrogen and oxygen atoms in total. The van der Waals surface area contributed by atoms with Crippen LogP contribution >= 0.6 is 0 Å². The first-order valence-electron chi connectivity index (χ1n) is 15.3. The molecular weight excluding hydrogens is 500 g/mol. The van der Waals surface area contributed by atoms with E-state index < -0.39 is 0 Å². The van der Waals surface area contributed by atoms with Gasteiger partial charge in [-0.15, -0.1) is 0 Å².